The summed E-state index contributed by atoms with van der Waals surface area (Å²) in [6, 6.07) is 4.60. The van der Waals surface area contributed by atoms with E-state index in [0.717, 1.165) is 57.7 Å². The normalized spacial score (nSPS) is 23.6. The number of piperidine rings is 1. The smallest absolute Gasteiger partial charge is 0.407 e. The fourth-order valence-corrected chi connectivity index (χ4v) is 4.98. The number of carbonyl (C=O) groups is 2. The summed E-state index contributed by atoms with van der Waals surface area (Å²) in [5, 5.41) is 12.7. The van der Waals surface area contributed by atoms with Crippen molar-refractivity contribution >= 4 is 17.8 Å². The van der Waals surface area contributed by atoms with Crippen molar-refractivity contribution in [2.75, 3.05) is 37.6 Å². The van der Waals surface area contributed by atoms with Crippen molar-refractivity contribution in [3.05, 3.63) is 23.9 Å². The third kappa shape index (κ3) is 4.95. The van der Waals surface area contributed by atoms with Gasteiger partial charge in [0.1, 0.15) is 5.82 Å². The quantitative estimate of drug-likeness (QED) is 0.748. The van der Waals surface area contributed by atoms with E-state index in [1.54, 1.807) is 11.1 Å². The maximum absolute atomic E-state index is 12.3. The minimum Gasteiger partial charge on any atom is -0.465 e. The van der Waals surface area contributed by atoms with Gasteiger partial charge in [0, 0.05) is 51.0 Å². The lowest BCUT2D eigenvalue weighted by atomic mass is 9.86. The first-order valence-electron chi connectivity index (χ1n) is 11.7. The second-order valence-electron chi connectivity index (χ2n) is 9.46. The fourth-order valence-electron chi connectivity index (χ4n) is 4.98. The summed E-state index contributed by atoms with van der Waals surface area (Å²) in [4.78, 5) is 34.9. The first-order valence-corrected chi connectivity index (χ1v) is 11.7. The topological polar surface area (TPSA) is 89.0 Å². The summed E-state index contributed by atoms with van der Waals surface area (Å²) in [6.07, 6.45) is 6.11. The number of nitrogens with zero attached hydrogens (tertiary/aromatic N) is 4. The van der Waals surface area contributed by atoms with Crippen LogP contribution in [-0.2, 0) is 0 Å². The van der Waals surface area contributed by atoms with Crippen LogP contribution in [0.25, 0.3) is 0 Å². The minimum atomic E-state index is -0.798. The molecular formula is C23H35N5O3. The van der Waals surface area contributed by atoms with Crippen LogP contribution in [0.1, 0.15) is 56.3 Å². The number of amides is 2. The summed E-state index contributed by atoms with van der Waals surface area (Å²) >= 11 is 0. The van der Waals surface area contributed by atoms with Gasteiger partial charge in [-0.1, -0.05) is 0 Å². The van der Waals surface area contributed by atoms with E-state index in [0.29, 0.717) is 30.1 Å². The van der Waals surface area contributed by atoms with E-state index < -0.39 is 6.09 Å². The maximum atomic E-state index is 12.3. The van der Waals surface area contributed by atoms with Crippen molar-refractivity contribution in [2.24, 2.45) is 5.92 Å². The molecule has 1 aromatic rings. The van der Waals surface area contributed by atoms with Crippen LogP contribution in [0.4, 0.5) is 10.6 Å². The Labute approximate surface area is 184 Å². The van der Waals surface area contributed by atoms with Gasteiger partial charge in [-0.05, 0) is 64.0 Å². The van der Waals surface area contributed by atoms with Gasteiger partial charge in [0.15, 0.2) is 0 Å². The van der Waals surface area contributed by atoms with Crippen LogP contribution in [-0.4, -0.2) is 82.7 Å². The zero-order chi connectivity index (χ0) is 22.0. The van der Waals surface area contributed by atoms with Crippen LogP contribution in [0, 0.1) is 5.92 Å². The molecule has 0 aromatic carbocycles. The molecule has 1 aliphatic carbocycles. The van der Waals surface area contributed by atoms with Crippen LogP contribution >= 0.6 is 0 Å². The predicted octanol–water partition coefficient (Wildman–Crippen LogP) is 2.65. The summed E-state index contributed by atoms with van der Waals surface area (Å²) in [5.74, 6) is 1.21. The van der Waals surface area contributed by atoms with Gasteiger partial charge in [-0.2, -0.15) is 0 Å². The SMILES string of the molecule is CC(C)N1CCN(C(=O)O)C(C2CCN(c3ccc(C(=O)NC4CCC4)cn3)CC2)C1. The standard InChI is InChI=1S/C23H35N5O3/c1-16(2)27-12-13-28(23(30)31)20(15-27)17-8-10-26(11-9-17)21-7-6-18(14-24-21)22(29)25-19-4-3-5-19/h6-7,14,16-17,19-20H,3-5,8-13,15H2,1-2H3,(H,25,29)(H,30,31). The van der Waals surface area contributed by atoms with E-state index in [-0.39, 0.29) is 11.9 Å². The van der Waals surface area contributed by atoms with E-state index in [1.165, 1.54) is 6.42 Å². The van der Waals surface area contributed by atoms with Gasteiger partial charge < -0.3 is 20.2 Å². The molecule has 2 aliphatic heterocycles. The Bertz CT molecular complexity index is 772. The van der Waals surface area contributed by atoms with Gasteiger partial charge >= 0.3 is 6.09 Å². The number of rotatable bonds is 5. The van der Waals surface area contributed by atoms with E-state index >= 15 is 0 Å². The Morgan fingerprint density at radius 3 is 2.39 bits per heavy atom. The molecule has 31 heavy (non-hydrogen) atoms. The summed E-state index contributed by atoms with van der Waals surface area (Å²) in [7, 11) is 0. The zero-order valence-electron chi connectivity index (χ0n) is 18.7. The summed E-state index contributed by atoms with van der Waals surface area (Å²) < 4.78 is 0. The molecule has 8 heteroatoms. The molecule has 3 heterocycles. The van der Waals surface area contributed by atoms with Gasteiger partial charge in [0.2, 0.25) is 0 Å². The number of anilines is 1. The van der Waals surface area contributed by atoms with Crippen molar-refractivity contribution in [1.29, 1.82) is 0 Å². The Morgan fingerprint density at radius 2 is 1.84 bits per heavy atom. The van der Waals surface area contributed by atoms with Crippen molar-refractivity contribution in [2.45, 2.75) is 64.1 Å². The molecule has 3 fully saturated rings. The van der Waals surface area contributed by atoms with Crippen molar-refractivity contribution in [3.8, 4) is 0 Å². The highest BCUT2D eigenvalue weighted by molar-refractivity contribution is 5.94. The van der Waals surface area contributed by atoms with Crippen LogP contribution < -0.4 is 10.2 Å². The van der Waals surface area contributed by atoms with Crippen LogP contribution in [0.2, 0.25) is 0 Å². The van der Waals surface area contributed by atoms with Gasteiger partial charge in [0.25, 0.3) is 5.91 Å². The number of hydrogen-bond donors (Lipinski definition) is 2. The minimum absolute atomic E-state index is 0.0387. The second kappa shape index (κ2) is 9.42. The van der Waals surface area contributed by atoms with Crippen LogP contribution in [0.15, 0.2) is 18.3 Å². The highest BCUT2D eigenvalue weighted by Crippen LogP contribution is 2.29. The Hall–Kier alpha value is -2.35. The molecular weight excluding hydrogens is 394 g/mol. The number of nitrogens with one attached hydrogen (secondary N) is 1. The highest BCUT2D eigenvalue weighted by Gasteiger charge is 2.38. The predicted molar refractivity (Wildman–Crippen MR) is 120 cm³/mol. The van der Waals surface area contributed by atoms with Gasteiger partial charge in [-0.15, -0.1) is 0 Å². The Morgan fingerprint density at radius 1 is 1.10 bits per heavy atom. The third-order valence-corrected chi connectivity index (χ3v) is 7.28. The summed E-state index contributed by atoms with van der Waals surface area (Å²) in [5.41, 5.74) is 0.610. The fraction of sp³-hybridized carbons (Fsp3) is 0.696. The first-order chi connectivity index (χ1) is 14.9. The average Bonchev–Trinajstić information content (AvgIpc) is 2.76. The van der Waals surface area contributed by atoms with Crippen LogP contribution in [0.3, 0.4) is 0 Å². The number of piperazine rings is 1. The Balaban J connectivity index is 1.34. The molecule has 1 aromatic heterocycles. The van der Waals surface area contributed by atoms with E-state index in [9.17, 15) is 14.7 Å². The lowest BCUT2D eigenvalue weighted by Crippen LogP contribution is -2.60. The van der Waals surface area contributed by atoms with Crippen LogP contribution in [0.5, 0.6) is 0 Å². The molecule has 2 amide bonds. The number of hydrogen-bond acceptors (Lipinski definition) is 5. The van der Waals surface area contributed by atoms with Gasteiger partial charge in [0.05, 0.1) is 11.6 Å². The molecule has 1 atom stereocenters. The Kier molecular flexibility index (Phi) is 6.65. The molecule has 8 nitrogen and oxygen atoms in total. The molecule has 3 aliphatic rings. The highest BCUT2D eigenvalue weighted by atomic mass is 16.4. The average molecular weight is 430 g/mol. The lowest BCUT2D eigenvalue weighted by molar-refractivity contribution is 0.0258. The molecule has 1 saturated carbocycles. The van der Waals surface area contributed by atoms with E-state index in [4.69, 9.17) is 0 Å². The number of carbonyl (C=O) groups excluding carboxylic acids is 1. The van der Waals surface area contributed by atoms with Crippen molar-refractivity contribution < 1.29 is 14.7 Å². The summed E-state index contributed by atoms with van der Waals surface area (Å²) in [6.45, 7) is 8.29. The number of carboxylic acid groups (broad SMARTS) is 1. The molecule has 0 spiro atoms. The van der Waals surface area contributed by atoms with Gasteiger partial charge in [-0.25, -0.2) is 9.78 Å². The molecule has 170 valence electrons. The molecule has 2 N–H and O–H groups in total. The zero-order valence-corrected chi connectivity index (χ0v) is 18.7. The van der Waals surface area contributed by atoms with E-state index in [2.05, 4.69) is 33.9 Å². The maximum Gasteiger partial charge on any atom is 0.407 e. The molecule has 1 unspecified atom stereocenters. The molecule has 0 radical (unpaired) electrons. The molecule has 0 bridgehead atoms. The number of pyridine rings is 1. The largest absolute Gasteiger partial charge is 0.465 e. The van der Waals surface area contributed by atoms with Gasteiger partial charge in [-0.3, -0.25) is 9.69 Å². The van der Waals surface area contributed by atoms with Crippen molar-refractivity contribution in [1.82, 2.24) is 20.1 Å². The van der Waals surface area contributed by atoms with Crippen molar-refractivity contribution in [3.63, 3.8) is 0 Å². The molecule has 4 rings (SSSR count). The second-order valence-corrected chi connectivity index (χ2v) is 9.46. The first kappa shape index (κ1) is 21.9. The number of aromatic nitrogens is 1. The third-order valence-electron chi connectivity index (χ3n) is 7.28. The monoisotopic (exact) mass is 429 g/mol. The lowest BCUT2D eigenvalue weighted by Gasteiger charge is -2.47. The molecule has 2 saturated heterocycles. The van der Waals surface area contributed by atoms with E-state index in [1.807, 2.05) is 12.1 Å².